The van der Waals surface area contributed by atoms with Gasteiger partial charge in [-0.3, -0.25) is 9.97 Å². The van der Waals surface area contributed by atoms with E-state index < -0.39 is 0 Å². The third-order valence-electron chi connectivity index (χ3n) is 1.13. The molecule has 2 aromatic rings. The molecule has 0 saturated heterocycles. The molecule has 0 saturated carbocycles. The molecule has 2 nitrogen and oxygen atoms in total. The number of hydrogen-bond donors (Lipinski definition) is 0. The van der Waals surface area contributed by atoms with Crippen molar-refractivity contribution in [1.29, 1.82) is 0 Å². The van der Waals surface area contributed by atoms with Gasteiger partial charge in [-0.1, -0.05) is 12.1 Å². The van der Waals surface area contributed by atoms with Gasteiger partial charge in [0, 0.05) is 47.2 Å². The third-order valence-corrected chi connectivity index (χ3v) is 1.13. The quantitative estimate of drug-likeness (QED) is 0.683. The predicted molar refractivity (Wildman–Crippen MR) is 48.5 cm³/mol. The third kappa shape index (κ3) is 7.40. The van der Waals surface area contributed by atoms with Gasteiger partial charge >= 0.3 is 0 Å². The Morgan fingerprint density at radius 3 is 0.846 bits per heavy atom. The molecule has 71 valence electrons. The minimum absolute atomic E-state index is 0. The van der Waals surface area contributed by atoms with E-state index in [0.29, 0.717) is 0 Å². The van der Waals surface area contributed by atoms with E-state index in [1.807, 2.05) is 36.4 Å². The second-order valence-electron chi connectivity index (χ2n) is 2.05. The fraction of sp³-hybridized carbons (Fsp3) is 0. The minimum Gasteiger partial charge on any atom is -0.265 e. The Hall–Kier alpha value is -0.960. The van der Waals surface area contributed by atoms with Crippen LogP contribution in [0.25, 0.3) is 0 Å². The average Bonchev–Trinajstić information content (AvgIpc) is 2.24. The van der Waals surface area contributed by atoms with Gasteiger partial charge in [-0.25, -0.2) is 0 Å². The zero-order valence-corrected chi connectivity index (χ0v) is 8.45. The van der Waals surface area contributed by atoms with Gasteiger partial charge < -0.3 is 0 Å². The van der Waals surface area contributed by atoms with Crippen molar-refractivity contribution in [3.05, 3.63) is 61.2 Å². The van der Waals surface area contributed by atoms with Crippen molar-refractivity contribution in [2.45, 2.75) is 0 Å². The van der Waals surface area contributed by atoms with Crippen molar-refractivity contribution in [2.75, 3.05) is 0 Å². The van der Waals surface area contributed by atoms with Gasteiger partial charge in [-0.05, 0) is 24.3 Å². The smallest absolute Gasteiger partial charge is 0.0267 e. The maximum absolute atomic E-state index is 3.78. The SMILES string of the molecule is [Ag].c1ccncc1.c1ccncc1. The predicted octanol–water partition coefficient (Wildman–Crippen LogP) is 2.16. The maximum Gasteiger partial charge on any atom is 0.0267 e. The fourth-order valence-electron chi connectivity index (χ4n) is 0.625. The van der Waals surface area contributed by atoms with Crippen LogP contribution in [0.15, 0.2) is 61.2 Å². The topological polar surface area (TPSA) is 25.8 Å². The van der Waals surface area contributed by atoms with Crippen molar-refractivity contribution < 1.29 is 22.4 Å². The molecule has 0 unspecified atom stereocenters. The van der Waals surface area contributed by atoms with E-state index in [4.69, 9.17) is 0 Å². The van der Waals surface area contributed by atoms with Crippen LogP contribution in [-0.4, -0.2) is 9.97 Å². The zero-order chi connectivity index (χ0) is 8.49. The normalized spacial score (nSPS) is 7.38. The molecule has 0 aliphatic heterocycles. The van der Waals surface area contributed by atoms with Crippen LogP contribution in [0.5, 0.6) is 0 Å². The Labute approximate surface area is 93.6 Å². The second kappa shape index (κ2) is 9.13. The molecule has 2 rings (SSSR count). The molecule has 0 aromatic carbocycles. The number of pyridine rings is 2. The molecule has 0 bridgehead atoms. The molecule has 2 heterocycles. The summed E-state index contributed by atoms with van der Waals surface area (Å²) in [7, 11) is 0. The molecule has 0 amide bonds. The van der Waals surface area contributed by atoms with Crippen LogP contribution in [-0.2, 0) is 22.4 Å². The molecule has 0 spiro atoms. The van der Waals surface area contributed by atoms with Gasteiger partial charge in [0.2, 0.25) is 0 Å². The van der Waals surface area contributed by atoms with E-state index in [1.54, 1.807) is 24.8 Å². The van der Waals surface area contributed by atoms with E-state index in [-0.39, 0.29) is 22.4 Å². The summed E-state index contributed by atoms with van der Waals surface area (Å²) in [5.74, 6) is 0. The molecule has 2 aromatic heterocycles. The summed E-state index contributed by atoms with van der Waals surface area (Å²) in [6.45, 7) is 0. The van der Waals surface area contributed by atoms with Crippen LogP contribution in [0.4, 0.5) is 0 Å². The molecule has 13 heavy (non-hydrogen) atoms. The molecular formula is C10H10AgN2. The van der Waals surface area contributed by atoms with Crippen LogP contribution < -0.4 is 0 Å². The second-order valence-corrected chi connectivity index (χ2v) is 2.05. The maximum atomic E-state index is 3.78. The first-order valence-corrected chi connectivity index (χ1v) is 3.70. The first kappa shape index (κ1) is 12.0. The van der Waals surface area contributed by atoms with Crippen LogP contribution >= 0.6 is 0 Å². The van der Waals surface area contributed by atoms with Gasteiger partial charge in [0.25, 0.3) is 0 Å². The first-order chi connectivity index (χ1) is 6.00. The Morgan fingerprint density at radius 2 is 0.769 bits per heavy atom. The van der Waals surface area contributed by atoms with Gasteiger partial charge in [0.15, 0.2) is 0 Å². The van der Waals surface area contributed by atoms with Crippen LogP contribution in [0.2, 0.25) is 0 Å². The van der Waals surface area contributed by atoms with Gasteiger partial charge in [0.1, 0.15) is 0 Å². The molecule has 0 N–H and O–H groups in total. The number of aromatic nitrogens is 2. The number of hydrogen-bond acceptors (Lipinski definition) is 2. The van der Waals surface area contributed by atoms with E-state index in [9.17, 15) is 0 Å². The zero-order valence-electron chi connectivity index (χ0n) is 6.97. The van der Waals surface area contributed by atoms with E-state index in [0.717, 1.165) is 0 Å². The summed E-state index contributed by atoms with van der Waals surface area (Å²) in [6, 6.07) is 11.4. The Morgan fingerprint density at radius 1 is 0.462 bits per heavy atom. The van der Waals surface area contributed by atoms with Crippen molar-refractivity contribution in [2.24, 2.45) is 0 Å². The van der Waals surface area contributed by atoms with E-state index >= 15 is 0 Å². The van der Waals surface area contributed by atoms with Crippen LogP contribution in [0.1, 0.15) is 0 Å². The summed E-state index contributed by atoms with van der Waals surface area (Å²) in [6.07, 6.45) is 7.00. The van der Waals surface area contributed by atoms with Crippen LogP contribution in [0, 0.1) is 0 Å². The van der Waals surface area contributed by atoms with E-state index in [2.05, 4.69) is 9.97 Å². The van der Waals surface area contributed by atoms with Gasteiger partial charge in [-0.2, -0.15) is 0 Å². The summed E-state index contributed by atoms with van der Waals surface area (Å²) < 4.78 is 0. The molecule has 3 heteroatoms. The van der Waals surface area contributed by atoms with Crippen molar-refractivity contribution >= 4 is 0 Å². The summed E-state index contributed by atoms with van der Waals surface area (Å²) in [5, 5.41) is 0. The minimum atomic E-state index is 0. The Bertz CT molecular complexity index is 188. The van der Waals surface area contributed by atoms with E-state index in [1.165, 1.54) is 0 Å². The first-order valence-electron chi connectivity index (χ1n) is 3.70. The van der Waals surface area contributed by atoms with Crippen LogP contribution in [0.3, 0.4) is 0 Å². The monoisotopic (exact) mass is 265 g/mol. The molecular weight excluding hydrogens is 256 g/mol. The number of rotatable bonds is 0. The van der Waals surface area contributed by atoms with Gasteiger partial charge in [0.05, 0.1) is 0 Å². The van der Waals surface area contributed by atoms with Crippen molar-refractivity contribution in [1.82, 2.24) is 9.97 Å². The molecule has 0 fully saturated rings. The summed E-state index contributed by atoms with van der Waals surface area (Å²) in [5.41, 5.74) is 0. The largest absolute Gasteiger partial charge is 0.265 e. The summed E-state index contributed by atoms with van der Waals surface area (Å²) in [4.78, 5) is 7.57. The Balaban J connectivity index is 0.000000206. The van der Waals surface area contributed by atoms with Crippen molar-refractivity contribution in [3.63, 3.8) is 0 Å². The Kier molecular flexibility index (Phi) is 8.46. The van der Waals surface area contributed by atoms with Gasteiger partial charge in [-0.15, -0.1) is 0 Å². The molecule has 0 atom stereocenters. The molecule has 1 radical (unpaired) electrons. The standard InChI is InChI=1S/2C5H5N.Ag/c2*1-2-4-6-5-3-1;/h2*1-5H;. The molecule has 0 aliphatic rings. The number of nitrogens with zero attached hydrogens (tertiary/aromatic N) is 2. The molecule has 0 aliphatic carbocycles. The fourth-order valence-corrected chi connectivity index (χ4v) is 0.625. The average molecular weight is 266 g/mol. The summed E-state index contributed by atoms with van der Waals surface area (Å²) >= 11 is 0. The van der Waals surface area contributed by atoms with Crippen molar-refractivity contribution in [3.8, 4) is 0 Å².